The van der Waals surface area contributed by atoms with Crippen molar-refractivity contribution < 1.29 is 14.3 Å². The summed E-state index contributed by atoms with van der Waals surface area (Å²) in [6, 6.07) is 1.89. The second-order valence-corrected chi connectivity index (χ2v) is 6.43. The predicted octanol–water partition coefficient (Wildman–Crippen LogP) is 2.65. The summed E-state index contributed by atoms with van der Waals surface area (Å²) in [5, 5.41) is 3.85. The van der Waals surface area contributed by atoms with Gasteiger partial charge in [-0.2, -0.15) is 11.3 Å². The molecule has 1 amide bonds. The lowest BCUT2D eigenvalue weighted by Gasteiger charge is -2.38. The molecule has 1 saturated heterocycles. The van der Waals surface area contributed by atoms with E-state index in [-0.39, 0.29) is 11.3 Å². The fourth-order valence-electron chi connectivity index (χ4n) is 2.51. The molecule has 0 saturated carbocycles. The summed E-state index contributed by atoms with van der Waals surface area (Å²) >= 11 is 1.56. The van der Waals surface area contributed by atoms with Crippen LogP contribution >= 0.6 is 11.3 Å². The SMILES string of the molecule is COCCN(CC1(C)CCOCC1)C(=O)c1ccsc1. The summed E-state index contributed by atoms with van der Waals surface area (Å²) < 4.78 is 10.6. The van der Waals surface area contributed by atoms with Crippen molar-refractivity contribution in [2.24, 2.45) is 5.41 Å². The van der Waals surface area contributed by atoms with Crippen LogP contribution < -0.4 is 0 Å². The highest BCUT2D eigenvalue weighted by Crippen LogP contribution is 2.31. The number of rotatable bonds is 6. The van der Waals surface area contributed by atoms with Crippen molar-refractivity contribution in [3.05, 3.63) is 22.4 Å². The maximum atomic E-state index is 12.6. The molecule has 1 aliphatic heterocycles. The molecule has 1 aliphatic rings. The van der Waals surface area contributed by atoms with Crippen LogP contribution in [0.1, 0.15) is 30.1 Å². The van der Waals surface area contributed by atoms with Gasteiger partial charge in [-0.1, -0.05) is 6.92 Å². The largest absolute Gasteiger partial charge is 0.383 e. The minimum atomic E-state index is 0.107. The standard InChI is InChI=1S/C15H23NO3S/c1-15(4-7-19-8-5-15)12-16(6-9-18-2)14(17)13-3-10-20-11-13/h3,10-11H,4-9,12H2,1-2H3. The van der Waals surface area contributed by atoms with Crippen molar-refractivity contribution in [1.82, 2.24) is 4.90 Å². The first-order chi connectivity index (χ1) is 9.64. The number of carbonyl (C=O) groups is 1. The Balaban J connectivity index is 2.04. The molecular weight excluding hydrogens is 274 g/mol. The number of hydrogen-bond acceptors (Lipinski definition) is 4. The van der Waals surface area contributed by atoms with Gasteiger partial charge in [-0.3, -0.25) is 4.79 Å². The Kier molecular flexibility index (Phi) is 5.57. The molecule has 2 rings (SSSR count). The van der Waals surface area contributed by atoms with Crippen molar-refractivity contribution >= 4 is 17.2 Å². The van der Waals surface area contributed by atoms with Crippen LogP contribution in [0.3, 0.4) is 0 Å². The molecule has 0 aromatic carbocycles. The molecule has 0 N–H and O–H groups in total. The average Bonchev–Trinajstić information content (AvgIpc) is 2.97. The smallest absolute Gasteiger partial charge is 0.254 e. The van der Waals surface area contributed by atoms with E-state index >= 15 is 0 Å². The van der Waals surface area contributed by atoms with Crippen molar-refractivity contribution in [2.75, 3.05) is 40.0 Å². The van der Waals surface area contributed by atoms with Gasteiger partial charge in [0.05, 0.1) is 12.2 Å². The Bertz CT molecular complexity index is 413. The Morgan fingerprint density at radius 2 is 2.25 bits per heavy atom. The summed E-state index contributed by atoms with van der Waals surface area (Å²) in [5.74, 6) is 0.107. The zero-order valence-electron chi connectivity index (χ0n) is 12.3. The van der Waals surface area contributed by atoms with Crippen LogP contribution in [0.2, 0.25) is 0 Å². The predicted molar refractivity (Wildman–Crippen MR) is 80.3 cm³/mol. The maximum absolute atomic E-state index is 12.6. The summed E-state index contributed by atoms with van der Waals surface area (Å²) in [5.41, 5.74) is 0.930. The van der Waals surface area contributed by atoms with Crippen LogP contribution in [0.25, 0.3) is 0 Å². The van der Waals surface area contributed by atoms with E-state index in [0.29, 0.717) is 13.2 Å². The number of methoxy groups -OCH3 is 1. The maximum Gasteiger partial charge on any atom is 0.254 e. The lowest BCUT2D eigenvalue weighted by molar-refractivity contribution is 0.00275. The molecule has 1 aromatic rings. The Hall–Kier alpha value is -0.910. The normalized spacial score (nSPS) is 17.9. The molecule has 20 heavy (non-hydrogen) atoms. The molecule has 1 fully saturated rings. The Morgan fingerprint density at radius 1 is 1.50 bits per heavy atom. The highest BCUT2D eigenvalue weighted by molar-refractivity contribution is 7.08. The first kappa shape index (κ1) is 15.5. The lowest BCUT2D eigenvalue weighted by Crippen LogP contribution is -2.43. The van der Waals surface area contributed by atoms with Crippen molar-refractivity contribution in [2.45, 2.75) is 19.8 Å². The van der Waals surface area contributed by atoms with Gasteiger partial charge in [-0.05, 0) is 29.7 Å². The van der Waals surface area contributed by atoms with Crippen LogP contribution in [0.4, 0.5) is 0 Å². The van der Waals surface area contributed by atoms with Crippen molar-refractivity contribution in [3.63, 3.8) is 0 Å². The van der Waals surface area contributed by atoms with E-state index in [1.807, 2.05) is 21.7 Å². The number of hydrogen-bond donors (Lipinski definition) is 0. The topological polar surface area (TPSA) is 38.8 Å². The Labute approximate surface area is 124 Å². The minimum Gasteiger partial charge on any atom is -0.383 e. The zero-order valence-corrected chi connectivity index (χ0v) is 13.1. The third kappa shape index (κ3) is 4.04. The van der Waals surface area contributed by atoms with E-state index in [4.69, 9.17) is 9.47 Å². The number of ether oxygens (including phenoxy) is 2. The molecule has 0 spiro atoms. The minimum absolute atomic E-state index is 0.107. The second-order valence-electron chi connectivity index (χ2n) is 5.65. The molecule has 1 aromatic heterocycles. The molecule has 112 valence electrons. The van der Waals surface area contributed by atoms with Crippen molar-refractivity contribution in [3.8, 4) is 0 Å². The molecule has 4 nitrogen and oxygen atoms in total. The average molecular weight is 297 g/mol. The molecular formula is C15H23NO3S. The van der Waals surface area contributed by atoms with Gasteiger partial charge in [0.15, 0.2) is 0 Å². The number of amides is 1. The molecule has 0 unspecified atom stereocenters. The fourth-order valence-corrected chi connectivity index (χ4v) is 3.14. The van der Waals surface area contributed by atoms with Gasteiger partial charge in [-0.25, -0.2) is 0 Å². The van der Waals surface area contributed by atoms with Crippen LogP contribution in [0.15, 0.2) is 16.8 Å². The van der Waals surface area contributed by atoms with E-state index in [0.717, 1.165) is 38.2 Å². The number of thiophene rings is 1. The molecule has 0 radical (unpaired) electrons. The van der Waals surface area contributed by atoms with Gasteiger partial charge < -0.3 is 14.4 Å². The number of nitrogens with zero attached hydrogens (tertiary/aromatic N) is 1. The third-order valence-corrected chi connectivity index (χ3v) is 4.58. The summed E-state index contributed by atoms with van der Waals surface area (Å²) in [4.78, 5) is 14.5. The van der Waals surface area contributed by atoms with Crippen molar-refractivity contribution in [1.29, 1.82) is 0 Å². The molecule has 0 bridgehead atoms. The fraction of sp³-hybridized carbons (Fsp3) is 0.667. The van der Waals surface area contributed by atoms with Gasteiger partial charge >= 0.3 is 0 Å². The van der Waals surface area contributed by atoms with Crippen LogP contribution in [-0.4, -0.2) is 50.8 Å². The van der Waals surface area contributed by atoms with Crippen LogP contribution in [0.5, 0.6) is 0 Å². The monoisotopic (exact) mass is 297 g/mol. The van der Waals surface area contributed by atoms with Crippen LogP contribution in [0, 0.1) is 5.41 Å². The van der Waals surface area contributed by atoms with Gasteiger partial charge in [0, 0.05) is 38.8 Å². The highest BCUT2D eigenvalue weighted by atomic mass is 32.1. The first-order valence-electron chi connectivity index (χ1n) is 7.03. The van der Waals surface area contributed by atoms with E-state index in [1.165, 1.54) is 0 Å². The van der Waals surface area contributed by atoms with Gasteiger partial charge in [0.1, 0.15) is 0 Å². The Morgan fingerprint density at radius 3 is 2.85 bits per heavy atom. The zero-order chi connectivity index (χ0) is 14.4. The summed E-state index contributed by atoms with van der Waals surface area (Å²) in [7, 11) is 1.67. The third-order valence-electron chi connectivity index (χ3n) is 3.89. The van der Waals surface area contributed by atoms with Gasteiger partial charge in [0.25, 0.3) is 5.91 Å². The molecule has 2 heterocycles. The quantitative estimate of drug-likeness (QED) is 0.810. The summed E-state index contributed by atoms with van der Waals surface area (Å²) in [6.45, 7) is 5.82. The van der Waals surface area contributed by atoms with Gasteiger partial charge in [0.2, 0.25) is 0 Å². The molecule has 0 aliphatic carbocycles. The van der Waals surface area contributed by atoms with Gasteiger partial charge in [-0.15, -0.1) is 0 Å². The number of carbonyl (C=O) groups excluding carboxylic acids is 1. The van der Waals surface area contributed by atoms with E-state index in [1.54, 1.807) is 18.4 Å². The summed E-state index contributed by atoms with van der Waals surface area (Å²) in [6.07, 6.45) is 2.01. The highest BCUT2D eigenvalue weighted by Gasteiger charge is 2.31. The molecule has 5 heteroatoms. The van der Waals surface area contributed by atoms with E-state index in [2.05, 4.69) is 6.92 Å². The first-order valence-corrected chi connectivity index (χ1v) is 7.97. The van der Waals surface area contributed by atoms with E-state index < -0.39 is 0 Å². The van der Waals surface area contributed by atoms with Crippen LogP contribution in [-0.2, 0) is 9.47 Å². The lowest BCUT2D eigenvalue weighted by atomic mass is 9.82. The molecule has 0 atom stereocenters. The second kappa shape index (κ2) is 7.20. The van der Waals surface area contributed by atoms with E-state index in [9.17, 15) is 4.79 Å².